The summed E-state index contributed by atoms with van der Waals surface area (Å²) in [6.45, 7) is 5.53. The Hall–Kier alpha value is -2.08. The van der Waals surface area contributed by atoms with Crippen molar-refractivity contribution in [2.24, 2.45) is 5.92 Å². The molecule has 2 aliphatic heterocycles. The van der Waals surface area contributed by atoms with Crippen LogP contribution in [0.2, 0.25) is 0 Å². The quantitative estimate of drug-likeness (QED) is 0.838. The van der Waals surface area contributed by atoms with Crippen LogP contribution in [0.4, 0.5) is 4.79 Å². The number of hydrogen-bond donors (Lipinski definition) is 1. The first-order valence-corrected chi connectivity index (χ1v) is 9.16. The van der Waals surface area contributed by atoms with E-state index in [1.165, 1.54) is 4.90 Å². The van der Waals surface area contributed by atoms with Crippen LogP contribution in [0.1, 0.15) is 45.6 Å². The zero-order chi connectivity index (χ0) is 18.9. The summed E-state index contributed by atoms with van der Waals surface area (Å²) < 4.78 is 11.0. The lowest BCUT2D eigenvalue weighted by atomic mass is 9.73. The first-order chi connectivity index (χ1) is 12.3. The van der Waals surface area contributed by atoms with Crippen molar-refractivity contribution in [3.05, 3.63) is 35.9 Å². The maximum absolute atomic E-state index is 12.8. The van der Waals surface area contributed by atoms with Crippen LogP contribution >= 0.6 is 0 Å². The van der Waals surface area contributed by atoms with E-state index in [9.17, 15) is 14.7 Å². The standard InChI is InChI=1S/C20H27NO5/c1-20(2,3)26-19(24)21-14-9-10-15(16(22)11-14)17(21)18(23)25-12-13-7-5-4-6-8-13/h4-8,14-17,22H,9-12H2,1-3H3/t14-,15+,16+,17+/m0/s1. The number of benzene rings is 1. The molecule has 2 bridgehead atoms. The molecule has 3 fully saturated rings. The lowest BCUT2D eigenvalue weighted by Crippen LogP contribution is -2.65. The van der Waals surface area contributed by atoms with Crippen LogP contribution in [0, 0.1) is 5.92 Å². The molecule has 1 aromatic carbocycles. The van der Waals surface area contributed by atoms with Crippen LogP contribution in [0.5, 0.6) is 0 Å². The van der Waals surface area contributed by atoms with E-state index in [0.29, 0.717) is 12.8 Å². The molecule has 1 amide bonds. The first-order valence-electron chi connectivity index (χ1n) is 9.16. The summed E-state index contributed by atoms with van der Waals surface area (Å²) in [6.07, 6.45) is 0.842. The van der Waals surface area contributed by atoms with Crippen molar-refractivity contribution >= 4 is 12.1 Å². The SMILES string of the molecule is CC(C)(C)OC(=O)N1[C@H]2CC[C@H]([C@H](O)C2)[C@@H]1C(=O)OCc1ccccc1. The molecule has 26 heavy (non-hydrogen) atoms. The van der Waals surface area contributed by atoms with Gasteiger partial charge >= 0.3 is 12.1 Å². The zero-order valence-corrected chi connectivity index (χ0v) is 15.6. The van der Waals surface area contributed by atoms with Gasteiger partial charge in [0.25, 0.3) is 0 Å². The van der Waals surface area contributed by atoms with E-state index in [4.69, 9.17) is 9.47 Å². The maximum atomic E-state index is 12.8. The van der Waals surface area contributed by atoms with Crippen LogP contribution < -0.4 is 0 Å². The van der Waals surface area contributed by atoms with Gasteiger partial charge in [-0.2, -0.15) is 0 Å². The number of aliphatic hydroxyl groups excluding tert-OH is 1. The largest absolute Gasteiger partial charge is 0.459 e. The molecule has 0 aromatic heterocycles. The normalized spacial score (nSPS) is 27.9. The molecule has 0 radical (unpaired) electrons. The number of esters is 1. The highest BCUT2D eigenvalue weighted by atomic mass is 16.6. The van der Waals surface area contributed by atoms with Gasteiger partial charge in [0.15, 0.2) is 0 Å². The second-order valence-electron chi connectivity index (χ2n) is 8.12. The molecule has 6 heteroatoms. The third-order valence-electron chi connectivity index (χ3n) is 5.01. The van der Waals surface area contributed by atoms with Gasteiger partial charge in [0, 0.05) is 12.0 Å². The zero-order valence-electron chi connectivity index (χ0n) is 15.6. The topological polar surface area (TPSA) is 76.1 Å². The molecule has 142 valence electrons. The van der Waals surface area contributed by atoms with E-state index in [-0.39, 0.29) is 18.6 Å². The summed E-state index contributed by atoms with van der Waals surface area (Å²) in [4.78, 5) is 27.0. The van der Waals surface area contributed by atoms with Gasteiger partial charge < -0.3 is 14.6 Å². The fourth-order valence-corrected chi connectivity index (χ4v) is 3.88. The molecule has 4 rings (SSSR count). The number of carbonyl (C=O) groups is 2. The number of aliphatic hydroxyl groups is 1. The third-order valence-corrected chi connectivity index (χ3v) is 5.01. The predicted molar refractivity (Wildman–Crippen MR) is 95.2 cm³/mol. The second kappa shape index (κ2) is 7.27. The number of carbonyl (C=O) groups excluding carboxylic acids is 2. The molecular weight excluding hydrogens is 334 g/mol. The van der Waals surface area contributed by atoms with Gasteiger partial charge in [-0.15, -0.1) is 0 Å². The van der Waals surface area contributed by atoms with Crippen LogP contribution in [-0.2, 0) is 20.9 Å². The third kappa shape index (κ3) is 4.01. The Kier molecular flexibility index (Phi) is 5.23. The minimum absolute atomic E-state index is 0.145. The Morgan fingerprint density at radius 2 is 1.88 bits per heavy atom. The first kappa shape index (κ1) is 18.7. The summed E-state index contributed by atoms with van der Waals surface area (Å²) in [5, 5.41) is 10.3. The van der Waals surface area contributed by atoms with Gasteiger partial charge in [-0.1, -0.05) is 30.3 Å². The maximum Gasteiger partial charge on any atom is 0.411 e. The monoisotopic (exact) mass is 361 g/mol. The number of nitrogens with zero attached hydrogens (tertiary/aromatic N) is 1. The smallest absolute Gasteiger partial charge is 0.411 e. The van der Waals surface area contributed by atoms with Crippen LogP contribution in [-0.4, -0.2) is 45.9 Å². The van der Waals surface area contributed by atoms with Gasteiger partial charge in [-0.05, 0) is 45.6 Å². The summed E-state index contributed by atoms with van der Waals surface area (Å²) in [5.74, 6) is -0.788. The molecule has 6 nitrogen and oxygen atoms in total. The molecule has 4 atom stereocenters. The Morgan fingerprint density at radius 3 is 2.50 bits per heavy atom. The number of fused-ring (bicyclic) bond motifs is 3. The summed E-state index contributed by atoms with van der Waals surface area (Å²) >= 11 is 0. The molecule has 1 saturated carbocycles. The van der Waals surface area contributed by atoms with Crippen LogP contribution in [0.25, 0.3) is 0 Å². The molecular formula is C20H27NO5. The highest BCUT2D eigenvalue weighted by Crippen LogP contribution is 2.41. The average molecular weight is 361 g/mol. The van der Waals surface area contributed by atoms with Crippen molar-refractivity contribution in [2.75, 3.05) is 0 Å². The Bertz CT molecular complexity index is 654. The second-order valence-corrected chi connectivity index (χ2v) is 8.12. The molecule has 1 aromatic rings. The van der Waals surface area contributed by atoms with Gasteiger partial charge in [0.2, 0.25) is 0 Å². The molecule has 1 aliphatic carbocycles. The average Bonchev–Trinajstić information content (AvgIpc) is 2.58. The van der Waals surface area contributed by atoms with Gasteiger partial charge in [0.1, 0.15) is 18.2 Å². The van der Waals surface area contributed by atoms with Crippen molar-refractivity contribution < 1.29 is 24.2 Å². The molecule has 0 unspecified atom stereocenters. The number of piperidine rings is 2. The van der Waals surface area contributed by atoms with E-state index < -0.39 is 29.8 Å². The molecule has 3 aliphatic rings. The van der Waals surface area contributed by atoms with Crippen LogP contribution in [0.3, 0.4) is 0 Å². The van der Waals surface area contributed by atoms with E-state index >= 15 is 0 Å². The fraction of sp³-hybridized carbons (Fsp3) is 0.600. The number of ether oxygens (including phenoxy) is 2. The van der Waals surface area contributed by atoms with Crippen molar-refractivity contribution in [3.8, 4) is 0 Å². The van der Waals surface area contributed by atoms with Crippen molar-refractivity contribution in [1.29, 1.82) is 0 Å². The van der Waals surface area contributed by atoms with Crippen molar-refractivity contribution in [2.45, 2.75) is 70.4 Å². The number of rotatable bonds is 3. The van der Waals surface area contributed by atoms with Gasteiger partial charge in [-0.25, -0.2) is 9.59 Å². The molecule has 0 spiro atoms. The van der Waals surface area contributed by atoms with E-state index in [2.05, 4.69) is 0 Å². The highest BCUT2D eigenvalue weighted by Gasteiger charge is 2.53. The van der Waals surface area contributed by atoms with Crippen molar-refractivity contribution in [1.82, 2.24) is 4.90 Å². The minimum atomic E-state index is -0.795. The Morgan fingerprint density at radius 1 is 1.19 bits per heavy atom. The van der Waals surface area contributed by atoms with Crippen molar-refractivity contribution in [3.63, 3.8) is 0 Å². The minimum Gasteiger partial charge on any atom is -0.459 e. The highest BCUT2D eigenvalue weighted by molar-refractivity contribution is 5.83. The molecule has 2 saturated heterocycles. The lowest BCUT2D eigenvalue weighted by molar-refractivity contribution is -0.167. The summed E-state index contributed by atoms with van der Waals surface area (Å²) in [6, 6.07) is 8.41. The summed E-state index contributed by atoms with van der Waals surface area (Å²) in [5.41, 5.74) is 0.233. The predicted octanol–water partition coefficient (Wildman–Crippen LogP) is 2.88. The van der Waals surface area contributed by atoms with Gasteiger partial charge in [-0.3, -0.25) is 4.90 Å². The Balaban J connectivity index is 1.76. The van der Waals surface area contributed by atoms with Crippen LogP contribution in [0.15, 0.2) is 30.3 Å². The Labute approximate surface area is 154 Å². The fourth-order valence-electron chi connectivity index (χ4n) is 3.88. The van der Waals surface area contributed by atoms with E-state index in [0.717, 1.165) is 12.0 Å². The van der Waals surface area contributed by atoms with Gasteiger partial charge in [0.05, 0.1) is 6.10 Å². The number of hydrogen-bond acceptors (Lipinski definition) is 5. The molecule has 2 heterocycles. The van der Waals surface area contributed by atoms with E-state index in [1.807, 2.05) is 30.3 Å². The molecule has 1 N–H and O–H groups in total. The summed E-state index contributed by atoms with van der Waals surface area (Å²) in [7, 11) is 0. The van der Waals surface area contributed by atoms with E-state index in [1.54, 1.807) is 20.8 Å². The number of amides is 1. The lowest BCUT2D eigenvalue weighted by Gasteiger charge is -2.51.